The molecule has 1 aromatic heterocycles. The Balaban J connectivity index is 2.33. The molecule has 0 radical (unpaired) electrons. The van der Waals surface area contributed by atoms with Crippen LogP contribution in [0.15, 0.2) is 12.4 Å². The minimum Gasteiger partial charge on any atom is -0.382 e. The van der Waals surface area contributed by atoms with Gasteiger partial charge in [0.2, 0.25) is 0 Å². The highest BCUT2D eigenvalue weighted by molar-refractivity contribution is 5.37. The predicted molar refractivity (Wildman–Crippen MR) is 54.5 cm³/mol. The van der Waals surface area contributed by atoms with Crippen LogP contribution in [0.5, 0.6) is 0 Å². The number of nitrogens with zero attached hydrogens (tertiary/aromatic N) is 2. The van der Waals surface area contributed by atoms with Gasteiger partial charge in [-0.3, -0.25) is 4.68 Å². The molecule has 0 amide bonds. The molecule has 0 aliphatic rings. The maximum absolute atomic E-state index is 5.59. The van der Waals surface area contributed by atoms with Crippen molar-refractivity contribution in [3.63, 3.8) is 0 Å². The molecule has 1 unspecified atom stereocenters. The Morgan fingerprint density at radius 1 is 1.69 bits per heavy atom. The van der Waals surface area contributed by atoms with E-state index >= 15 is 0 Å². The molecule has 4 nitrogen and oxygen atoms in total. The first kappa shape index (κ1) is 10.1. The Kier molecular flexibility index (Phi) is 3.76. The molecule has 13 heavy (non-hydrogen) atoms. The molecule has 0 bridgehead atoms. The topological polar surface area (TPSA) is 55.9 Å². The summed E-state index contributed by atoms with van der Waals surface area (Å²) in [6.45, 7) is 3.82. The molecule has 0 saturated carbocycles. The van der Waals surface area contributed by atoms with Gasteiger partial charge in [0.1, 0.15) is 0 Å². The quantitative estimate of drug-likeness (QED) is 0.708. The Morgan fingerprint density at radius 3 is 2.92 bits per heavy atom. The molecule has 1 rings (SSSR count). The number of aromatic nitrogens is 2. The van der Waals surface area contributed by atoms with E-state index in [2.05, 4.69) is 17.3 Å². The lowest BCUT2D eigenvalue weighted by Gasteiger charge is -2.12. The monoisotopic (exact) mass is 182 g/mol. The van der Waals surface area contributed by atoms with Gasteiger partial charge in [-0.15, -0.1) is 0 Å². The lowest BCUT2D eigenvalue weighted by molar-refractivity contribution is 0.548. The van der Waals surface area contributed by atoms with E-state index in [-0.39, 0.29) is 0 Å². The summed E-state index contributed by atoms with van der Waals surface area (Å²) in [5, 5.41) is 7.37. The summed E-state index contributed by atoms with van der Waals surface area (Å²) in [7, 11) is 1.91. The number of aryl methyl sites for hydroxylation is 1. The average Bonchev–Trinajstić information content (AvgIpc) is 2.53. The van der Waals surface area contributed by atoms with Crippen molar-refractivity contribution >= 4 is 5.69 Å². The van der Waals surface area contributed by atoms with Gasteiger partial charge in [-0.2, -0.15) is 5.10 Å². The SMILES string of the molecule is CCC(CN)CNc1cnn(C)c1. The van der Waals surface area contributed by atoms with Crippen molar-refractivity contribution in [2.45, 2.75) is 13.3 Å². The zero-order valence-corrected chi connectivity index (χ0v) is 8.33. The molecule has 0 fully saturated rings. The second-order valence-corrected chi connectivity index (χ2v) is 3.29. The van der Waals surface area contributed by atoms with Crippen LogP contribution in [0.4, 0.5) is 5.69 Å². The van der Waals surface area contributed by atoms with Gasteiger partial charge in [-0.25, -0.2) is 0 Å². The molecule has 0 saturated heterocycles. The third kappa shape index (κ3) is 3.06. The largest absolute Gasteiger partial charge is 0.382 e. The lowest BCUT2D eigenvalue weighted by atomic mass is 10.1. The Bertz CT molecular complexity index is 240. The highest BCUT2D eigenvalue weighted by Gasteiger charge is 2.03. The van der Waals surface area contributed by atoms with Gasteiger partial charge in [-0.1, -0.05) is 13.3 Å². The first-order valence-corrected chi connectivity index (χ1v) is 4.68. The summed E-state index contributed by atoms with van der Waals surface area (Å²) < 4.78 is 1.78. The zero-order chi connectivity index (χ0) is 9.68. The van der Waals surface area contributed by atoms with Crippen LogP contribution >= 0.6 is 0 Å². The average molecular weight is 182 g/mol. The normalized spacial score (nSPS) is 12.8. The van der Waals surface area contributed by atoms with Crippen LogP contribution in [0.3, 0.4) is 0 Å². The molecular weight excluding hydrogens is 164 g/mol. The van der Waals surface area contributed by atoms with Crippen LogP contribution < -0.4 is 11.1 Å². The number of hydrogen-bond donors (Lipinski definition) is 2. The Labute approximate surface area is 79.1 Å². The summed E-state index contributed by atoms with van der Waals surface area (Å²) in [6.07, 6.45) is 4.90. The number of anilines is 1. The molecule has 0 aromatic carbocycles. The molecule has 1 heterocycles. The molecule has 0 spiro atoms. The van der Waals surface area contributed by atoms with Gasteiger partial charge >= 0.3 is 0 Å². The van der Waals surface area contributed by atoms with Gasteiger partial charge in [-0.05, 0) is 12.5 Å². The molecule has 4 heteroatoms. The smallest absolute Gasteiger partial charge is 0.0726 e. The van der Waals surface area contributed by atoms with E-state index in [1.165, 1.54) is 0 Å². The Morgan fingerprint density at radius 2 is 2.46 bits per heavy atom. The molecule has 74 valence electrons. The fourth-order valence-electron chi connectivity index (χ4n) is 1.17. The first-order valence-electron chi connectivity index (χ1n) is 4.68. The molecule has 1 aromatic rings. The van der Waals surface area contributed by atoms with Crippen LogP contribution in [0.2, 0.25) is 0 Å². The van der Waals surface area contributed by atoms with Crippen molar-refractivity contribution in [1.29, 1.82) is 0 Å². The molecule has 3 N–H and O–H groups in total. The van der Waals surface area contributed by atoms with Crippen molar-refractivity contribution in [2.75, 3.05) is 18.4 Å². The molecule has 0 aliphatic carbocycles. The molecule has 1 atom stereocenters. The van der Waals surface area contributed by atoms with Crippen LogP contribution in [0.1, 0.15) is 13.3 Å². The van der Waals surface area contributed by atoms with E-state index < -0.39 is 0 Å². The third-order valence-corrected chi connectivity index (χ3v) is 2.21. The fraction of sp³-hybridized carbons (Fsp3) is 0.667. The predicted octanol–water partition coefficient (Wildman–Crippen LogP) is 0.817. The second-order valence-electron chi connectivity index (χ2n) is 3.29. The van der Waals surface area contributed by atoms with E-state index in [1.54, 1.807) is 4.68 Å². The fourth-order valence-corrected chi connectivity index (χ4v) is 1.17. The summed E-state index contributed by atoms with van der Waals surface area (Å²) in [4.78, 5) is 0. The minimum atomic E-state index is 0.556. The van der Waals surface area contributed by atoms with E-state index in [1.807, 2.05) is 19.4 Å². The second kappa shape index (κ2) is 4.87. The first-order chi connectivity index (χ1) is 6.26. The summed E-state index contributed by atoms with van der Waals surface area (Å²) in [5.74, 6) is 0.556. The molecule has 0 aliphatic heterocycles. The van der Waals surface area contributed by atoms with E-state index in [0.29, 0.717) is 5.92 Å². The van der Waals surface area contributed by atoms with Crippen molar-refractivity contribution in [3.05, 3.63) is 12.4 Å². The maximum atomic E-state index is 5.59. The van der Waals surface area contributed by atoms with Crippen molar-refractivity contribution in [3.8, 4) is 0 Å². The Hall–Kier alpha value is -1.03. The van der Waals surface area contributed by atoms with Crippen LogP contribution in [-0.4, -0.2) is 22.9 Å². The standard InChI is InChI=1S/C9H18N4/c1-3-8(4-10)5-11-9-6-12-13(2)7-9/h6-8,11H,3-5,10H2,1-2H3. The van der Waals surface area contributed by atoms with Gasteiger partial charge < -0.3 is 11.1 Å². The van der Waals surface area contributed by atoms with Crippen molar-refractivity contribution < 1.29 is 0 Å². The van der Waals surface area contributed by atoms with E-state index in [4.69, 9.17) is 5.73 Å². The number of hydrogen-bond acceptors (Lipinski definition) is 3. The highest BCUT2D eigenvalue weighted by Crippen LogP contribution is 2.06. The maximum Gasteiger partial charge on any atom is 0.0726 e. The lowest BCUT2D eigenvalue weighted by Crippen LogP contribution is -2.21. The molecular formula is C9H18N4. The van der Waals surface area contributed by atoms with Gasteiger partial charge in [0.25, 0.3) is 0 Å². The van der Waals surface area contributed by atoms with E-state index in [9.17, 15) is 0 Å². The van der Waals surface area contributed by atoms with Crippen molar-refractivity contribution in [2.24, 2.45) is 18.7 Å². The van der Waals surface area contributed by atoms with Gasteiger partial charge in [0.05, 0.1) is 11.9 Å². The summed E-state index contributed by atoms with van der Waals surface area (Å²) >= 11 is 0. The highest BCUT2D eigenvalue weighted by atomic mass is 15.3. The summed E-state index contributed by atoms with van der Waals surface area (Å²) in [6, 6.07) is 0. The third-order valence-electron chi connectivity index (χ3n) is 2.21. The van der Waals surface area contributed by atoms with Crippen LogP contribution in [0.25, 0.3) is 0 Å². The van der Waals surface area contributed by atoms with Gasteiger partial charge in [0, 0.05) is 19.8 Å². The van der Waals surface area contributed by atoms with Gasteiger partial charge in [0.15, 0.2) is 0 Å². The van der Waals surface area contributed by atoms with Crippen LogP contribution in [0, 0.1) is 5.92 Å². The minimum absolute atomic E-state index is 0.556. The number of nitrogens with one attached hydrogen (secondary N) is 1. The van der Waals surface area contributed by atoms with Crippen molar-refractivity contribution in [1.82, 2.24) is 9.78 Å². The number of rotatable bonds is 5. The van der Waals surface area contributed by atoms with E-state index in [0.717, 1.165) is 25.2 Å². The summed E-state index contributed by atoms with van der Waals surface area (Å²) in [5.41, 5.74) is 6.66. The van der Waals surface area contributed by atoms with Crippen LogP contribution in [-0.2, 0) is 7.05 Å². The number of nitrogens with two attached hydrogens (primary N) is 1. The zero-order valence-electron chi connectivity index (χ0n) is 8.33.